The van der Waals surface area contributed by atoms with Crippen molar-refractivity contribution in [2.45, 2.75) is 13.3 Å². The Morgan fingerprint density at radius 3 is 2.82 bits per heavy atom. The van der Waals surface area contributed by atoms with E-state index in [0.717, 1.165) is 25.6 Å². The van der Waals surface area contributed by atoms with Crippen LogP contribution >= 0.6 is 0 Å². The van der Waals surface area contributed by atoms with Gasteiger partial charge in [-0.05, 0) is 31.6 Å². The van der Waals surface area contributed by atoms with Crippen molar-refractivity contribution in [3.05, 3.63) is 34.1 Å². The van der Waals surface area contributed by atoms with E-state index in [1.807, 2.05) is 6.92 Å². The molecule has 0 unspecified atom stereocenters. The molecule has 17 heavy (non-hydrogen) atoms. The van der Waals surface area contributed by atoms with Crippen LogP contribution in [0.25, 0.3) is 0 Å². The Kier molecular flexibility index (Phi) is 5.35. The smallest absolute Gasteiger partial charge is 0.295 e. The minimum Gasteiger partial charge on any atom is -0.379 e. The summed E-state index contributed by atoms with van der Waals surface area (Å²) in [4.78, 5) is 10.1. The minimum atomic E-state index is -0.602. The van der Waals surface area contributed by atoms with Crippen LogP contribution in [-0.4, -0.2) is 24.6 Å². The highest BCUT2D eigenvalue weighted by molar-refractivity contribution is 5.61. The van der Waals surface area contributed by atoms with Crippen molar-refractivity contribution in [3.8, 4) is 0 Å². The van der Waals surface area contributed by atoms with E-state index in [-0.39, 0.29) is 5.69 Å². The summed E-state index contributed by atoms with van der Waals surface area (Å²) >= 11 is 0. The predicted octanol–water partition coefficient (Wildman–Crippen LogP) is 2.15. The number of anilines is 1. The van der Waals surface area contributed by atoms with Crippen LogP contribution in [0.1, 0.15) is 13.3 Å². The van der Waals surface area contributed by atoms with Gasteiger partial charge in [-0.15, -0.1) is 0 Å². The van der Waals surface area contributed by atoms with Crippen molar-refractivity contribution in [1.29, 1.82) is 0 Å². The van der Waals surface area contributed by atoms with Gasteiger partial charge in [0, 0.05) is 6.54 Å². The van der Waals surface area contributed by atoms with Crippen LogP contribution in [0, 0.1) is 15.9 Å². The van der Waals surface area contributed by atoms with Gasteiger partial charge in [0.1, 0.15) is 11.5 Å². The second-order valence-corrected chi connectivity index (χ2v) is 3.55. The molecule has 5 nitrogen and oxygen atoms in total. The molecule has 6 heteroatoms. The Morgan fingerprint density at radius 2 is 2.18 bits per heavy atom. The average molecular weight is 241 g/mol. The first kappa shape index (κ1) is 13.4. The molecule has 0 bridgehead atoms. The number of benzene rings is 1. The van der Waals surface area contributed by atoms with Crippen molar-refractivity contribution >= 4 is 11.4 Å². The van der Waals surface area contributed by atoms with Gasteiger partial charge in [-0.1, -0.05) is 6.92 Å². The third kappa shape index (κ3) is 4.36. The zero-order valence-corrected chi connectivity index (χ0v) is 9.70. The summed E-state index contributed by atoms with van der Waals surface area (Å²) in [5.41, 5.74) is 0.126. The maximum Gasteiger partial charge on any atom is 0.295 e. The molecule has 0 aromatic heterocycles. The minimum absolute atomic E-state index is 0.228. The first-order valence-corrected chi connectivity index (χ1v) is 5.53. The highest BCUT2D eigenvalue weighted by atomic mass is 19.1. The first-order valence-electron chi connectivity index (χ1n) is 5.53. The van der Waals surface area contributed by atoms with Gasteiger partial charge in [-0.2, -0.15) is 0 Å². The average Bonchev–Trinajstić information content (AvgIpc) is 2.30. The summed E-state index contributed by atoms with van der Waals surface area (Å²) in [7, 11) is 0. The van der Waals surface area contributed by atoms with Crippen LogP contribution in [0.3, 0.4) is 0 Å². The van der Waals surface area contributed by atoms with E-state index >= 15 is 0 Å². The molecule has 0 saturated carbocycles. The van der Waals surface area contributed by atoms with Gasteiger partial charge in [0.25, 0.3) is 5.69 Å². The lowest BCUT2D eigenvalue weighted by Crippen LogP contribution is -2.17. The monoisotopic (exact) mass is 241 g/mol. The fourth-order valence-corrected chi connectivity index (χ4v) is 1.42. The Hall–Kier alpha value is -1.69. The fraction of sp³-hybridized carbons (Fsp3) is 0.455. The Bertz CT molecular complexity index is 385. The zero-order valence-electron chi connectivity index (χ0n) is 9.70. The van der Waals surface area contributed by atoms with Gasteiger partial charge in [-0.25, -0.2) is 4.39 Å². The van der Waals surface area contributed by atoms with Gasteiger partial charge < -0.3 is 10.6 Å². The van der Waals surface area contributed by atoms with Crippen LogP contribution in [-0.2, 0) is 0 Å². The van der Waals surface area contributed by atoms with Crippen LogP contribution in [0.4, 0.5) is 15.8 Å². The van der Waals surface area contributed by atoms with E-state index in [2.05, 4.69) is 10.6 Å². The first-order chi connectivity index (χ1) is 8.15. The number of halogens is 1. The molecule has 0 spiro atoms. The molecular weight excluding hydrogens is 225 g/mol. The molecule has 0 radical (unpaired) electrons. The largest absolute Gasteiger partial charge is 0.379 e. The Balaban J connectivity index is 2.55. The standard InChI is InChI=1S/C11H16FN3O2/c1-2-13-6-3-7-14-10-5-4-9(12)8-11(10)15(16)17/h4-5,8,13-14H,2-3,6-7H2,1H3. The molecule has 0 fully saturated rings. The normalized spacial score (nSPS) is 10.2. The van der Waals surface area contributed by atoms with Gasteiger partial charge in [-0.3, -0.25) is 10.1 Å². The van der Waals surface area contributed by atoms with E-state index in [9.17, 15) is 14.5 Å². The van der Waals surface area contributed by atoms with Crippen molar-refractivity contribution < 1.29 is 9.31 Å². The molecule has 0 aliphatic heterocycles. The number of nitro groups is 1. The number of hydrogen-bond donors (Lipinski definition) is 2. The Labute approximate surface area is 99.2 Å². The van der Waals surface area contributed by atoms with E-state index in [0.29, 0.717) is 12.2 Å². The second kappa shape index (κ2) is 6.80. The van der Waals surface area contributed by atoms with E-state index < -0.39 is 10.7 Å². The van der Waals surface area contributed by atoms with Gasteiger partial charge >= 0.3 is 0 Å². The maximum atomic E-state index is 12.9. The predicted molar refractivity (Wildman–Crippen MR) is 64.7 cm³/mol. The number of hydrogen-bond acceptors (Lipinski definition) is 4. The molecule has 1 aromatic carbocycles. The van der Waals surface area contributed by atoms with Crippen LogP contribution < -0.4 is 10.6 Å². The molecule has 0 amide bonds. The molecule has 0 atom stereocenters. The van der Waals surface area contributed by atoms with Crippen molar-refractivity contribution in [2.75, 3.05) is 25.0 Å². The molecule has 0 saturated heterocycles. The number of nitrogens with zero attached hydrogens (tertiary/aromatic N) is 1. The number of nitro benzene ring substituents is 1. The summed E-state index contributed by atoms with van der Waals surface area (Å²) in [6.07, 6.45) is 0.850. The van der Waals surface area contributed by atoms with Crippen LogP contribution in [0.5, 0.6) is 0 Å². The topological polar surface area (TPSA) is 67.2 Å². The summed E-state index contributed by atoms with van der Waals surface area (Å²) < 4.78 is 12.9. The van der Waals surface area contributed by atoms with Crippen LogP contribution in [0.2, 0.25) is 0 Å². The number of rotatable bonds is 7. The Morgan fingerprint density at radius 1 is 1.41 bits per heavy atom. The highest BCUT2D eigenvalue weighted by Gasteiger charge is 2.13. The fourth-order valence-electron chi connectivity index (χ4n) is 1.42. The van der Waals surface area contributed by atoms with Gasteiger partial charge in [0.05, 0.1) is 11.0 Å². The van der Waals surface area contributed by atoms with Crippen LogP contribution in [0.15, 0.2) is 18.2 Å². The number of nitrogens with one attached hydrogen (secondary N) is 2. The quantitative estimate of drug-likeness (QED) is 0.436. The van der Waals surface area contributed by atoms with Crippen molar-refractivity contribution in [3.63, 3.8) is 0 Å². The maximum absolute atomic E-state index is 12.9. The molecular formula is C11H16FN3O2. The molecule has 1 rings (SSSR count). The van der Waals surface area contributed by atoms with Crippen molar-refractivity contribution in [2.24, 2.45) is 0 Å². The van der Waals surface area contributed by atoms with Gasteiger partial charge in [0.2, 0.25) is 0 Å². The molecule has 0 aliphatic carbocycles. The van der Waals surface area contributed by atoms with E-state index in [1.165, 1.54) is 12.1 Å². The zero-order chi connectivity index (χ0) is 12.7. The molecule has 1 aromatic rings. The van der Waals surface area contributed by atoms with Gasteiger partial charge in [0.15, 0.2) is 0 Å². The highest BCUT2D eigenvalue weighted by Crippen LogP contribution is 2.24. The lowest BCUT2D eigenvalue weighted by Gasteiger charge is -2.07. The lowest BCUT2D eigenvalue weighted by molar-refractivity contribution is -0.384. The lowest BCUT2D eigenvalue weighted by atomic mass is 10.2. The van der Waals surface area contributed by atoms with E-state index in [4.69, 9.17) is 0 Å². The van der Waals surface area contributed by atoms with Crippen molar-refractivity contribution in [1.82, 2.24) is 5.32 Å². The summed E-state index contributed by atoms with van der Waals surface area (Å²) in [6.45, 7) is 4.37. The molecule has 2 N–H and O–H groups in total. The molecule has 0 aliphatic rings. The molecule has 0 heterocycles. The summed E-state index contributed by atoms with van der Waals surface area (Å²) in [5, 5.41) is 16.8. The third-order valence-electron chi connectivity index (χ3n) is 2.25. The third-order valence-corrected chi connectivity index (χ3v) is 2.25. The SMILES string of the molecule is CCNCCCNc1ccc(F)cc1[N+](=O)[O-]. The summed E-state index contributed by atoms with van der Waals surface area (Å²) in [5.74, 6) is -0.602. The van der Waals surface area contributed by atoms with E-state index in [1.54, 1.807) is 0 Å². The molecule has 94 valence electrons. The summed E-state index contributed by atoms with van der Waals surface area (Å²) in [6, 6.07) is 3.52. The second-order valence-electron chi connectivity index (χ2n) is 3.55.